The first kappa shape index (κ1) is 14.2. The summed E-state index contributed by atoms with van der Waals surface area (Å²) in [5.41, 5.74) is 1.14. The van der Waals surface area contributed by atoms with E-state index in [0.29, 0.717) is 18.9 Å². The smallest absolute Gasteiger partial charge is 0.225 e. The molecule has 0 aliphatic rings. The third kappa shape index (κ3) is 4.44. The number of amides is 1. The molecule has 0 radical (unpaired) electrons. The number of aromatic nitrogens is 1. The summed E-state index contributed by atoms with van der Waals surface area (Å²) in [4.78, 5) is 17.3. The Hall–Kier alpha value is -1.20. The molecule has 0 saturated heterocycles. The lowest BCUT2D eigenvalue weighted by Crippen LogP contribution is -2.26. The Morgan fingerprint density at radius 2 is 2.26 bits per heavy atom. The molecule has 1 amide bonds. The predicted molar refractivity (Wildman–Crippen MR) is 80.9 cm³/mol. The zero-order chi connectivity index (χ0) is 13.7. The van der Waals surface area contributed by atoms with E-state index in [-0.39, 0.29) is 5.91 Å². The molecule has 19 heavy (non-hydrogen) atoms. The predicted octanol–water partition coefficient (Wildman–Crippen LogP) is 3.23. The summed E-state index contributed by atoms with van der Waals surface area (Å²) in [5, 5.41) is 8.14. The maximum Gasteiger partial charge on any atom is 0.225 e. The maximum absolute atomic E-state index is 11.7. The van der Waals surface area contributed by atoms with Gasteiger partial charge in [-0.15, -0.1) is 22.7 Å². The Labute approximate surface area is 121 Å². The highest BCUT2D eigenvalue weighted by atomic mass is 32.1. The zero-order valence-electron chi connectivity index (χ0n) is 11.2. The molecule has 0 unspecified atom stereocenters. The molecule has 0 aromatic carbocycles. The monoisotopic (exact) mass is 294 g/mol. The van der Waals surface area contributed by atoms with Crippen LogP contribution in [0.25, 0.3) is 0 Å². The normalized spacial score (nSPS) is 10.9. The fourth-order valence-electron chi connectivity index (χ4n) is 1.65. The van der Waals surface area contributed by atoms with E-state index < -0.39 is 0 Å². The van der Waals surface area contributed by atoms with Crippen molar-refractivity contribution in [1.82, 2.24) is 10.3 Å². The van der Waals surface area contributed by atoms with Gasteiger partial charge in [0, 0.05) is 23.2 Å². The Morgan fingerprint density at radius 3 is 2.89 bits per heavy atom. The number of hydrogen-bond acceptors (Lipinski definition) is 4. The highest BCUT2D eigenvalue weighted by molar-refractivity contribution is 7.10. The van der Waals surface area contributed by atoms with Gasteiger partial charge in [0.15, 0.2) is 0 Å². The van der Waals surface area contributed by atoms with E-state index in [1.54, 1.807) is 22.7 Å². The van der Waals surface area contributed by atoms with Gasteiger partial charge in [0.05, 0.1) is 17.1 Å². The lowest BCUT2D eigenvalue weighted by atomic mass is 10.2. The maximum atomic E-state index is 11.7. The molecular weight excluding hydrogens is 276 g/mol. The number of nitrogens with zero attached hydrogens (tertiary/aromatic N) is 1. The van der Waals surface area contributed by atoms with Crippen molar-refractivity contribution in [2.45, 2.75) is 32.6 Å². The molecule has 1 N–H and O–H groups in total. The summed E-state index contributed by atoms with van der Waals surface area (Å²) in [6.45, 7) is 4.94. The topological polar surface area (TPSA) is 42.0 Å². The van der Waals surface area contributed by atoms with E-state index in [2.05, 4.69) is 29.5 Å². The molecule has 102 valence electrons. The summed E-state index contributed by atoms with van der Waals surface area (Å²) >= 11 is 3.29. The van der Waals surface area contributed by atoms with Gasteiger partial charge < -0.3 is 5.32 Å². The Balaban J connectivity index is 1.72. The first-order valence-electron chi connectivity index (χ1n) is 6.38. The van der Waals surface area contributed by atoms with Crippen LogP contribution in [0.1, 0.15) is 35.3 Å². The molecular formula is C14H18N2OS2. The first-order chi connectivity index (χ1) is 9.15. The number of rotatable bonds is 6. The Kier molecular flexibility index (Phi) is 5.10. The third-order valence-electron chi connectivity index (χ3n) is 2.74. The summed E-state index contributed by atoms with van der Waals surface area (Å²) in [5.74, 6) is 0.557. The van der Waals surface area contributed by atoms with Gasteiger partial charge in [-0.3, -0.25) is 4.79 Å². The average Bonchev–Trinajstić information content (AvgIpc) is 3.00. The summed E-state index contributed by atoms with van der Waals surface area (Å²) in [6.07, 6.45) is 1.29. The van der Waals surface area contributed by atoms with E-state index in [0.717, 1.165) is 22.0 Å². The molecule has 0 spiro atoms. The molecule has 0 fully saturated rings. The van der Waals surface area contributed by atoms with Crippen molar-refractivity contribution < 1.29 is 4.79 Å². The third-order valence-corrected chi connectivity index (χ3v) is 4.54. The second-order valence-corrected chi connectivity index (χ2v) is 6.65. The minimum absolute atomic E-state index is 0.0862. The molecule has 0 aliphatic carbocycles. The first-order valence-corrected chi connectivity index (χ1v) is 8.14. The van der Waals surface area contributed by atoms with Crippen LogP contribution in [0.2, 0.25) is 0 Å². The van der Waals surface area contributed by atoms with E-state index in [4.69, 9.17) is 0 Å². The zero-order valence-corrected chi connectivity index (χ0v) is 12.8. The molecule has 2 aromatic rings. The van der Waals surface area contributed by atoms with Crippen LogP contribution in [0.3, 0.4) is 0 Å². The summed E-state index contributed by atoms with van der Waals surface area (Å²) < 4.78 is 0. The van der Waals surface area contributed by atoms with Gasteiger partial charge in [-0.2, -0.15) is 0 Å². The van der Waals surface area contributed by atoms with Crippen LogP contribution < -0.4 is 5.32 Å². The molecule has 5 heteroatoms. The molecule has 2 heterocycles. The van der Waals surface area contributed by atoms with Gasteiger partial charge in [-0.1, -0.05) is 19.9 Å². The molecule has 2 aromatic heterocycles. The van der Waals surface area contributed by atoms with Crippen molar-refractivity contribution >= 4 is 28.6 Å². The minimum Gasteiger partial charge on any atom is -0.355 e. The molecule has 0 atom stereocenters. The molecule has 0 saturated carbocycles. The van der Waals surface area contributed by atoms with Gasteiger partial charge in [0.25, 0.3) is 0 Å². The lowest BCUT2D eigenvalue weighted by molar-refractivity contribution is -0.120. The lowest BCUT2D eigenvalue weighted by Gasteiger charge is -2.02. The molecule has 3 nitrogen and oxygen atoms in total. The van der Waals surface area contributed by atoms with E-state index in [9.17, 15) is 4.79 Å². The van der Waals surface area contributed by atoms with Crippen molar-refractivity contribution in [2.24, 2.45) is 0 Å². The van der Waals surface area contributed by atoms with Gasteiger partial charge in [0.2, 0.25) is 5.91 Å². The largest absolute Gasteiger partial charge is 0.355 e. The van der Waals surface area contributed by atoms with Crippen molar-refractivity contribution in [3.05, 3.63) is 38.5 Å². The fourth-order valence-corrected chi connectivity index (χ4v) is 3.31. The van der Waals surface area contributed by atoms with Crippen LogP contribution in [-0.2, 0) is 17.6 Å². The number of hydrogen-bond donors (Lipinski definition) is 1. The van der Waals surface area contributed by atoms with Crippen LogP contribution in [0, 0.1) is 0 Å². The number of thiophene rings is 1. The number of nitrogens with one attached hydrogen (secondary N) is 1. The fraction of sp³-hybridized carbons (Fsp3) is 0.429. The summed E-state index contributed by atoms with van der Waals surface area (Å²) in [7, 11) is 0. The van der Waals surface area contributed by atoms with Crippen LogP contribution in [0.4, 0.5) is 0 Å². The second kappa shape index (κ2) is 6.82. The van der Waals surface area contributed by atoms with E-state index in [1.165, 1.54) is 0 Å². The minimum atomic E-state index is 0.0862. The van der Waals surface area contributed by atoms with Crippen molar-refractivity contribution in [3.63, 3.8) is 0 Å². The van der Waals surface area contributed by atoms with Crippen molar-refractivity contribution in [3.8, 4) is 0 Å². The van der Waals surface area contributed by atoms with Gasteiger partial charge in [-0.25, -0.2) is 4.98 Å². The molecule has 0 bridgehead atoms. The van der Waals surface area contributed by atoms with Gasteiger partial charge in [0.1, 0.15) is 0 Å². The number of carbonyl (C=O) groups is 1. The second-order valence-electron chi connectivity index (χ2n) is 4.68. The molecule has 0 aliphatic heterocycles. The van der Waals surface area contributed by atoms with Crippen LogP contribution in [-0.4, -0.2) is 17.4 Å². The van der Waals surface area contributed by atoms with Crippen molar-refractivity contribution in [2.75, 3.05) is 6.54 Å². The highest BCUT2D eigenvalue weighted by Gasteiger charge is 2.07. The van der Waals surface area contributed by atoms with Crippen molar-refractivity contribution in [1.29, 1.82) is 0 Å². The summed E-state index contributed by atoms with van der Waals surface area (Å²) in [6, 6.07) is 3.95. The number of thiazole rings is 1. The quantitative estimate of drug-likeness (QED) is 0.888. The average molecular weight is 294 g/mol. The Bertz CT molecular complexity index is 517. The van der Waals surface area contributed by atoms with Crippen LogP contribution in [0.5, 0.6) is 0 Å². The van der Waals surface area contributed by atoms with E-state index >= 15 is 0 Å². The van der Waals surface area contributed by atoms with E-state index in [1.807, 2.05) is 17.5 Å². The standard InChI is InChI=1S/C14H18N2OS2/c1-10(2)12-9-19-14(16-12)5-6-15-13(17)8-11-4-3-7-18-11/h3-4,7,9-10H,5-6,8H2,1-2H3,(H,15,17). The number of carbonyl (C=O) groups excluding carboxylic acids is 1. The van der Waals surface area contributed by atoms with Crippen LogP contribution >= 0.6 is 22.7 Å². The van der Waals surface area contributed by atoms with Gasteiger partial charge >= 0.3 is 0 Å². The molecule has 2 rings (SSSR count). The highest BCUT2D eigenvalue weighted by Crippen LogP contribution is 2.17. The Morgan fingerprint density at radius 1 is 1.42 bits per heavy atom. The SMILES string of the molecule is CC(C)c1csc(CCNC(=O)Cc2cccs2)n1. The van der Waals surface area contributed by atoms with Gasteiger partial charge in [-0.05, 0) is 17.4 Å². The van der Waals surface area contributed by atoms with Crippen LogP contribution in [0.15, 0.2) is 22.9 Å².